The Morgan fingerprint density at radius 2 is 2.26 bits per heavy atom. The molecule has 2 N–H and O–H groups in total. The maximum atomic E-state index is 11.7. The first-order valence-corrected chi connectivity index (χ1v) is 6.32. The van der Waals surface area contributed by atoms with Gasteiger partial charge in [-0.3, -0.25) is 4.79 Å². The highest BCUT2D eigenvalue weighted by atomic mass is 16.5. The van der Waals surface area contributed by atoms with E-state index in [1.165, 1.54) is 0 Å². The van der Waals surface area contributed by atoms with Crippen LogP contribution < -0.4 is 5.32 Å². The van der Waals surface area contributed by atoms with E-state index < -0.39 is 0 Å². The highest BCUT2D eigenvalue weighted by Gasteiger charge is 2.10. The van der Waals surface area contributed by atoms with Crippen LogP contribution >= 0.6 is 0 Å². The van der Waals surface area contributed by atoms with Gasteiger partial charge < -0.3 is 14.8 Å². The van der Waals surface area contributed by atoms with Gasteiger partial charge in [0.15, 0.2) is 0 Å². The Balaban J connectivity index is 1.70. The molecule has 6 heteroatoms. The number of imidazole rings is 1. The van der Waals surface area contributed by atoms with Crippen molar-refractivity contribution in [1.82, 2.24) is 20.4 Å². The lowest BCUT2D eigenvalue weighted by Gasteiger charge is -2.04. The zero-order chi connectivity index (χ0) is 13.7. The lowest BCUT2D eigenvalue weighted by Crippen LogP contribution is -2.26. The second kappa shape index (κ2) is 6.17. The maximum absolute atomic E-state index is 11.7. The van der Waals surface area contributed by atoms with Gasteiger partial charge in [0.25, 0.3) is 0 Å². The van der Waals surface area contributed by atoms with Crippen LogP contribution in [-0.2, 0) is 17.6 Å². The first-order valence-electron chi connectivity index (χ1n) is 6.32. The largest absolute Gasteiger partial charge is 0.361 e. The van der Waals surface area contributed by atoms with Crippen LogP contribution in [0.25, 0.3) is 0 Å². The van der Waals surface area contributed by atoms with Gasteiger partial charge in [0.05, 0.1) is 12.0 Å². The summed E-state index contributed by atoms with van der Waals surface area (Å²) < 4.78 is 5.06. The zero-order valence-electron chi connectivity index (χ0n) is 11.2. The molecule has 2 heterocycles. The molecule has 19 heavy (non-hydrogen) atoms. The van der Waals surface area contributed by atoms with Crippen molar-refractivity contribution in [3.8, 4) is 0 Å². The molecule has 0 unspecified atom stereocenters. The normalized spacial score (nSPS) is 10.6. The van der Waals surface area contributed by atoms with Gasteiger partial charge in [-0.15, -0.1) is 0 Å². The Morgan fingerprint density at radius 1 is 1.42 bits per heavy atom. The predicted molar refractivity (Wildman–Crippen MR) is 69.6 cm³/mol. The van der Waals surface area contributed by atoms with E-state index in [9.17, 15) is 4.79 Å². The van der Waals surface area contributed by atoms with Crippen LogP contribution in [0.5, 0.6) is 0 Å². The highest BCUT2D eigenvalue weighted by molar-refractivity contribution is 5.76. The first kappa shape index (κ1) is 13.3. The molecule has 0 aliphatic rings. The lowest BCUT2D eigenvalue weighted by molar-refractivity contribution is -0.121. The van der Waals surface area contributed by atoms with Crippen molar-refractivity contribution >= 4 is 5.91 Å². The van der Waals surface area contributed by atoms with Crippen LogP contribution in [-0.4, -0.2) is 27.6 Å². The molecule has 0 aliphatic carbocycles. The van der Waals surface area contributed by atoms with Gasteiger partial charge in [0, 0.05) is 36.8 Å². The molecule has 6 nitrogen and oxygen atoms in total. The molecule has 1 amide bonds. The number of amides is 1. The van der Waals surface area contributed by atoms with E-state index >= 15 is 0 Å². The van der Waals surface area contributed by atoms with E-state index in [-0.39, 0.29) is 5.91 Å². The molecule has 0 radical (unpaired) electrons. The number of aromatic nitrogens is 3. The summed E-state index contributed by atoms with van der Waals surface area (Å²) in [6, 6.07) is 0. The number of H-pyrrole nitrogens is 1. The summed E-state index contributed by atoms with van der Waals surface area (Å²) in [5.41, 5.74) is 2.91. The van der Waals surface area contributed by atoms with E-state index in [4.69, 9.17) is 4.52 Å². The molecular weight excluding hydrogens is 244 g/mol. The molecule has 0 aliphatic heterocycles. The number of nitrogens with zero attached hydrogens (tertiary/aromatic N) is 2. The molecule has 0 saturated heterocycles. The van der Waals surface area contributed by atoms with E-state index in [0.29, 0.717) is 19.4 Å². The monoisotopic (exact) mass is 262 g/mol. The fourth-order valence-corrected chi connectivity index (χ4v) is 1.94. The number of carbonyl (C=O) groups excluding carboxylic acids is 1. The summed E-state index contributed by atoms with van der Waals surface area (Å²) >= 11 is 0. The van der Waals surface area contributed by atoms with Crippen molar-refractivity contribution in [2.45, 2.75) is 33.1 Å². The molecule has 2 rings (SSSR count). The molecule has 0 atom stereocenters. The summed E-state index contributed by atoms with van der Waals surface area (Å²) in [5.74, 6) is 0.835. The van der Waals surface area contributed by atoms with Gasteiger partial charge in [-0.05, 0) is 20.3 Å². The first-order chi connectivity index (χ1) is 9.16. The predicted octanol–water partition coefficient (Wildman–Crippen LogP) is 1.31. The van der Waals surface area contributed by atoms with Crippen LogP contribution in [0.1, 0.15) is 29.1 Å². The summed E-state index contributed by atoms with van der Waals surface area (Å²) in [6.45, 7) is 4.37. The summed E-state index contributed by atoms with van der Waals surface area (Å²) in [4.78, 5) is 18.6. The third-order valence-electron chi connectivity index (χ3n) is 3.05. The van der Waals surface area contributed by atoms with Gasteiger partial charge in [0.1, 0.15) is 5.76 Å². The summed E-state index contributed by atoms with van der Waals surface area (Å²) in [7, 11) is 0. The minimum atomic E-state index is 0.0412. The summed E-state index contributed by atoms with van der Waals surface area (Å²) in [6.07, 6.45) is 5.27. The Morgan fingerprint density at radius 3 is 2.89 bits per heavy atom. The quantitative estimate of drug-likeness (QED) is 0.822. The van der Waals surface area contributed by atoms with Gasteiger partial charge in [-0.2, -0.15) is 0 Å². The van der Waals surface area contributed by atoms with Crippen LogP contribution in [0.3, 0.4) is 0 Å². The van der Waals surface area contributed by atoms with E-state index in [2.05, 4.69) is 20.4 Å². The molecule has 0 fully saturated rings. The number of rotatable bonds is 6. The minimum Gasteiger partial charge on any atom is -0.361 e. The molecule has 0 spiro atoms. The second-order valence-corrected chi connectivity index (χ2v) is 4.48. The smallest absolute Gasteiger partial charge is 0.220 e. The third-order valence-corrected chi connectivity index (χ3v) is 3.05. The van der Waals surface area contributed by atoms with Crippen molar-refractivity contribution in [3.63, 3.8) is 0 Å². The lowest BCUT2D eigenvalue weighted by atomic mass is 10.1. The standard InChI is InChI=1S/C13H18N4O2/c1-9-12(10(2)19-17-9)3-4-13(18)15-6-5-11-7-14-8-16-11/h7-8H,3-6H2,1-2H3,(H,14,16)(H,15,18). The number of aromatic amines is 1. The molecule has 0 saturated carbocycles. The van der Waals surface area contributed by atoms with Crippen molar-refractivity contribution in [1.29, 1.82) is 0 Å². The van der Waals surface area contributed by atoms with Gasteiger partial charge in [0.2, 0.25) is 5.91 Å². The number of hydrogen-bond donors (Lipinski definition) is 2. The van der Waals surface area contributed by atoms with E-state index in [1.807, 2.05) is 13.8 Å². The average molecular weight is 262 g/mol. The fraction of sp³-hybridized carbons (Fsp3) is 0.462. The maximum Gasteiger partial charge on any atom is 0.220 e. The molecular formula is C13H18N4O2. The minimum absolute atomic E-state index is 0.0412. The van der Waals surface area contributed by atoms with Crippen molar-refractivity contribution in [2.75, 3.05) is 6.54 Å². The number of hydrogen-bond acceptors (Lipinski definition) is 4. The van der Waals surface area contributed by atoms with Gasteiger partial charge >= 0.3 is 0 Å². The Labute approximate surface area is 111 Å². The number of nitrogens with one attached hydrogen (secondary N) is 2. The Bertz CT molecular complexity index is 511. The van der Waals surface area contributed by atoms with E-state index in [0.717, 1.165) is 29.1 Å². The van der Waals surface area contributed by atoms with Crippen LogP contribution in [0.4, 0.5) is 0 Å². The molecule has 2 aromatic rings. The topological polar surface area (TPSA) is 83.8 Å². The molecule has 102 valence electrons. The zero-order valence-corrected chi connectivity index (χ0v) is 11.2. The molecule has 0 bridgehead atoms. The van der Waals surface area contributed by atoms with Gasteiger partial charge in [-0.25, -0.2) is 4.98 Å². The molecule has 2 aromatic heterocycles. The highest BCUT2D eigenvalue weighted by Crippen LogP contribution is 2.13. The van der Waals surface area contributed by atoms with Crippen molar-refractivity contribution in [2.24, 2.45) is 0 Å². The number of carbonyl (C=O) groups is 1. The SMILES string of the molecule is Cc1noc(C)c1CCC(=O)NCCc1cnc[nH]1. The third kappa shape index (κ3) is 3.67. The van der Waals surface area contributed by atoms with Crippen LogP contribution in [0.2, 0.25) is 0 Å². The van der Waals surface area contributed by atoms with Crippen LogP contribution in [0, 0.1) is 13.8 Å². The number of aryl methyl sites for hydroxylation is 2. The van der Waals surface area contributed by atoms with Crippen LogP contribution in [0.15, 0.2) is 17.0 Å². The second-order valence-electron chi connectivity index (χ2n) is 4.48. The van der Waals surface area contributed by atoms with E-state index in [1.54, 1.807) is 12.5 Å². The fourth-order valence-electron chi connectivity index (χ4n) is 1.94. The Kier molecular flexibility index (Phi) is 4.33. The summed E-state index contributed by atoms with van der Waals surface area (Å²) in [5, 5.41) is 6.76. The average Bonchev–Trinajstić information content (AvgIpc) is 2.99. The Hall–Kier alpha value is -2.11. The van der Waals surface area contributed by atoms with Crippen molar-refractivity contribution < 1.29 is 9.32 Å². The van der Waals surface area contributed by atoms with Crippen molar-refractivity contribution in [3.05, 3.63) is 35.2 Å². The molecule has 0 aromatic carbocycles. The van der Waals surface area contributed by atoms with Gasteiger partial charge in [-0.1, -0.05) is 5.16 Å².